The van der Waals surface area contributed by atoms with Crippen LogP contribution in [-0.2, 0) is 0 Å². The minimum Gasteiger partial charge on any atom is -0.309 e. The number of aromatic nitrogens is 5. The first-order chi connectivity index (χ1) is 30.7. The third kappa shape index (κ3) is 5.25. The molecule has 10 aromatic carbocycles. The van der Waals surface area contributed by atoms with Crippen LogP contribution in [0, 0.1) is 0 Å². The standard InChI is InChI=1S/C57H35N5/c1-3-17-38(18-4-1)55-58-56(47-26-13-19-36-15-7-9-23-42(36)47)60-57(59-55)48-27-14-20-39-33-41(30-32-43(39)48)61-51-28-12-11-25-45(51)49-34-50-46-31-29-37-16-8-10-24-44(37)54(46)62(53(50)35-52(49)61)40-21-5-2-6-22-40/h1-35H. The molecule has 0 aliphatic heterocycles. The summed E-state index contributed by atoms with van der Waals surface area (Å²) in [6.45, 7) is 0. The molecule has 0 bridgehead atoms. The van der Waals surface area contributed by atoms with E-state index in [1.807, 2.05) is 18.2 Å². The maximum absolute atomic E-state index is 5.22. The third-order valence-electron chi connectivity index (χ3n) is 12.5. The first-order valence-corrected chi connectivity index (χ1v) is 21.0. The number of nitrogens with zero attached hydrogens (tertiary/aromatic N) is 5. The second-order valence-electron chi connectivity index (χ2n) is 16.0. The molecule has 3 heterocycles. The van der Waals surface area contributed by atoms with Gasteiger partial charge in [-0.15, -0.1) is 0 Å². The van der Waals surface area contributed by atoms with Crippen LogP contribution in [0.4, 0.5) is 0 Å². The molecular weight excluding hydrogens is 755 g/mol. The Kier molecular flexibility index (Phi) is 7.54. The number of benzene rings is 10. The van der Waals surface area contributed by atoms with Gasteiger partial charge in [0.2, 0.25) is 0 Å². The minimum absolute atomic E-state index is 0.639. The summed E-state index contributed by atoms with van der Waals surface area (Å²) in [6, 6.07) is 75.7. The monoisotopic (exact) mass is 789 g/mol. The predicted octanol–water partition coefficient (Wildman–Crippen LogP) is 14.5. The van der Waals surface area contributed by atoms with Gasteiger partial charge in [-0.05, 0) is 69.4 Å². The molecule has 288 valence electrons. The van der Waals surface area contributed by atoms with Gasteiger partial charge >= 0.3 is 0 Å². The average molecular weight is 790 g/mol. The van der Waals surface area contributed by atoms with Crippen LogP contribution < -0.4 is 0 Å². The van der Waals surface area contributed by atoms with Crippen molar-refractivity contribution < 1.29 is 0 Å². The lowest BCUT2D eigenvalue weighted by atomic mass is 10.0. The number of fused-ring (bicyclic) bond motifs is 10. The maximum atomic E-state index is 5.22. The molecule has 13 rings (SSSR count). The van der Waals surface area contributed by atoms with E-state index in [4.69, 9.17) is 15.0 Å². The molecule has 0 atom stereocenters. The van der Waals surface area contributed by atoms with Gasteiger partial charge in [0.05, 0.1) is 22.1 Å². The molecule has 0 N–H and O–H groups in total. The Morgan fingerprint density at radius 1 is 0.274 bits per heavy atom. The van der Waals surface area contributed by atoms with Crippen molar-refractivity contribution in [3.8, 4) is 45.5 Å². The van der Waals surface area contributed by atoms with Crippen LogP contribution in [0.25, 0.3) is 121 Å². The summed E-state index contributed by atoms with van der Waals surface area (Å²) >= 11 is 0. The van der Waals surface area contributed by atoms with E-state index in [-0.39, 0.29) is 0 Å². The van der Waals surface area contributed by atoms with Gasteiger partial charge in [0, 0.05) is 55.0 Å². The summed E-state index contributed by atoms with van der Waals surface area (Å²) in [4.78, 5) is 15.5. The molecule has 13 aromatic rings. The van der Waals surface area contributed by atoms with Crippen molar-refractivity contribution in [1.82, 2.24) is 24.1 Å². The van der Waals surface area contributed by atoms with E-state index in [0.29, 0.717) is 17.5 Å². The van der Waals surface area contributed by atoms with E-state index < -0.39 is 0 Å². The van der Waals surface area contributed by atoms with Gasteiger partial charge < -0.3 is 9.13 Å². The average Bonchev–Trinajstić information content (AvgIpc) is 3.85. The van der Waals surface area contributed by atoms with Crippen molar-refractivity contribution in [2.45, 2.75) is 0 Å². The number of hydrogen-bond acceptors (Lipinski definition) is 3. The smallest absolute Gasteiger partial charge is 0.164 e. The van der Waals surface area contributed by atoms with Gasteiger partial charge in [-0.25, -0.2) is 15.0 Å². The van der Waals surface area contributed by atoms with Crippen molar-refractivity contribution in [1.29, 1.82) is 0 Å². The second-order valence-corrected chi connectivity index (χ2v) is 16.0. The van der Waals surface area contributed by atoms with Crippen molar-refractivity contribution in [2.75, 3.05) is 0 Å². The Morgan fingerprint density at radius 2 is 0.823 bits per heavy atom. The molecule has 5 nitrogen and oxygen atoms in total. The lowest BCUT2D eigenvalue weighted by Gasteiger charge is -2.13. The second kappa shape index (κ2) is 13.6. The van der Waals surface area contributed by atoms with Gasteiger partial charge in [-0.3, -0.25) is 0 Å². The Labute approximate surface area is 356 Å². The highest BCUT2D eigenvalue weighted by molar-refractivity contribution is 6.23. The Bertz CT molecular complexity index is 3910. The Morgan fingerprint density at radius 3 is 1.60 bits per heavy atom. The molecule has 0 unspecified atom stereocenters. The highest BCUT2D eigenvalue weighted by Gasteiger charge is 2.21. The van der Waals surface area contributed by atoms with Gasteiger partial charge in [-0.2, -0.15) is 0 Å². The molecule has 0 spiro atoms. The summed E-state index contributed by atoms with van der Waals surface area (Å²) in [5.41, 5.74) is 9.83. The number of para-hydroxylation sites is 2. The first-order valence-electron chi connectivity index (χ1n) is 21.0. The molecule has 0 saturated carbocycles. The molecule has 0 radical (unpaired) electrons. The fourth-order valence-electron chi connectivity index (χ4n) is 9.72. The van der Waals surface area contributed by atoms with E-state index in [9.17, 15) is 0 Å². The zero-order chi connectivity index (χ0) is 40.7. The summed E-state index contributed by atoms with van der Waals surface area (Å²) in [7, 11) is 0. The molecular formula is C57H35N5. The van der Waals surface area contributed by atoms with Crippen LogP contribution in [0.2, 0.25) is 0 Å². The van der Waals surface area contributed by atoms with Crippen molar-refractivity contribution in [3.63, 3.8) is 0 Å². The van der Waals surface area contributed by atoms with Crippen LogP contribution in [0.3, 0.4) is 0 Å². The van der Waals surface area contributed by atoms with Crippen molar-refractivity contribution >= 4 is 75.9 Å². The van der Waals surface area contributed by atoms with Gasteiger partial charge in [-0.1, -0.05) is 170 Å². The van der Waals surface area contributed by atoms with Crippen molar-refractivity contribution in [2.24, 2.45) is 0 Å². The van der Waals surface area contributed by atoms with Crippen LogP contribution in [0.15, 0.2) is 212 Å². The molecule has 0 fully saturated rings. The quantitative estimate of drug-likeness (QED) is 0.174. The molecule has 0 aliphatic carbocycles. The summed E-state index contributed by atoms with van der Waals surface area (Å²) < 4.78 is 4.88. The minimum atomic E-state index is 0.639. The fourth-order valence-corrected chi connectivity index (χ4v) is 9.72. The molecule has 0 amide bonds. The Hall–Kier alpha value is -8.41. The highest BCUT2D eigenvalue weighted by Crippen LogP contribution is 2.42. The van der Waals surface area contributed by atoms with Crippen LogP contribution >= 0.6 is 0 Å². The van der Waals surface area contributed by atoms with E-state index in [1.54, 1.807) is 0 Å². The summed E-state index contributed by atoms with van der Waals surface area (Å²) in [6.07, 6.45) is 0. The largest absolute Gasteiger partial charge is 0.309 e. The number of rotatable bonds is 5. The molecule has 3 aromatic heterocycles. The first kappa shape index (κ1) is 34.5. The fraction of sp³-hybridized carbons (Fsp3) is 0. The summed E-state index contributed by atoms with van der Waals surface area (Å²) in [5, 5.41) is 11.8. The van der Waals surface area contributed by atoms with E-state index in [2.05, 4.69) is 203 Å². The lowest BCUT2D eigenvalue weighted by Crippen LogP contribution is -2.01. The van der Waals surface area contributed by atoms with Gasteiger partial charge in [0.25, 0.3) is 0 Å². The van der Waals surface area contributed by atoms with Crippen LogP contribution in [0.1, 0.15) is 0 Å². The zero-order valence-corrected chi connectivity index (χ0v) is 33.4. The van der Waals surface area contributed by atoms with E-state index in [0.717, 1.165) is 60.6 Å². The number of hydrogen-bond donors (Lipinski definition) is 0. The molecule has 0 aliphatic rings. The third-order valence-corrected chi connectivity index (χ3v) is 12.5. The molecule has 62 heavy (non-hydrogen) atoms. The topological polar surface area (TPSA) is 48.5 Å². The zero-order valence-electron chi connectivity index (χ0n) is 33.4. The summed E-state index contributed by atoms with van der Waals surface area (Å²) in [5.74, 6) is 1.93. The predicted molar refractivity (Wildman–Crippen MR) is 257 cm³/mol. The van der Waals surface area contributed by atoms with E-state index in [1.165, 1.54) is 43.4 Å². The molecule has 0 saturated heterocycles. The Balaban J connectivity index is 1.04. The maximum Gasteiger partial charge on any atom is 0.164 e. The van der Waals surface area contributed by atoms with Crippen molar-refractivity contribution in [3.05, 3.63) is 212 Å². The van der Waals surface area contributed by atoms with Crippen LogP contribution in [-0.4, -0.2) is 24.1 Å². The van der Waals surface area contributed by atoms with Gasteiger partial charge in [0.15, 0.2) is 17.5 Å². The SMILES string of the molecule is c1ccc(-c2nc(-c3cccc4ccccc34)nc(-c3cccc4cc(-n5c6ccccc6c6cc7c8ccc9ccccc9c8n(-c8ccccc8)c7cc65)ccc34)n2)cc1. The van der Waals surface area contributed by atoms with Crippen LogP contribution in [0.5, 0.6) is 0 Å². The molecule has 5 heteroatoms. The highest BCUT2D eigenvalue weighted by atomic mass is 15.0. The van der Waals surface area contributed by atoms with E-state index >= 15 is 0 Å². The van der Waals surface area contributed by atoms with Gasteiger partial charge in [0.1, 0.15) is 0 Å². The lowest BCUT2D eigenvalue weighted by molar-refractivity contribution is 1.08. The normalized spacial score (nSPS) is 11.9.